The van der Waals surface area contributed by atoms with E-state index in [4.69, 9.17) is 5.11 Å². The Balaban J connectivity index is 2.61. The number of carbonyl (C=O) groups excluding carboxylic acids is 1. The molecular formula is C6H4F6O5. The second kappa shape index (κ2) is 3.99. The molecule has 0 amide bonds. The molecule has 1 aliphatic rings. The first-order valence-corrected chi connectivity index (χ1v) is 3.83. The Morgan fingerprint density at radius 3 is 2.24 bits per heavy atom. The highest BCUT2D eigenvalue weighted by molar-refractivity contribution is 5.75. The summed E-state index contributed by atoms with van der Waals surface area (Å²) >= 11 is 0. The van der Waals surface area contributed by atoms with Crippen LogP contribution in [0.4, 0.5) is 26.3 Å². The number of aliphatic hydroxyl groups is 1. The molecule has 0 radical (unpaired) electrons. The standard InChI is InChI=1S/C6H4F6O5/c7-4(1-15-3(14)5(8,9)10)2(13)16-6(11,12)17-4/h2,13H,1H2. The number of hydrogen-bond acceptors (Lipinski definition) is 5. The van der Waals surface area contributed by atoms with Crippen LogP contribution < -0.4 is 0 Å². The van der Waals surface area contributed by atoms with E-state index in [9.17, 15) is 31.1 Å². The highest BCUT2D eigenvalue weighted by atomic mass is 19.4. The molecule has 0 bridgehead atoms. The molecule has 2 atom stereocenters. The second-order valence-electron chi connectivity index (χ2n) is 2.90. The molecule has 0 aromatic heterocycles. The second-order valence-corrected chi connectivity index (χ2v) is 2.90. The zero-order chi connectivity index (χ0) is 13.5. The monoisotopic (exact) mass is 270 g/mol. The molecule has 1 rings (SSSR count). The lowest BCUT2D eigenvalue weighted by molar-refractivity contribution is -0.374. The molecule has 1 aliphatic heterocycles. The molecular weight excluding hydrogens is 266 g/mol. The van der Waals surface area contributed by atoms with Crippen molar-refractivity contribution in [3.8, 4) is 0 Å². The fourth-order valence-corrected chi connectivity index (χ4v) is 0.836. The summed E-state index contributed by atoms with van der Waals surface area (Å²) in [4.78, 5) is 10.2. The van der Waals surface area contributed by atoms with Crippen LogP contribution in [0, 0.1) is 0 Å². The molecule has 0 aromatic carbocycles. The average Bonchev–Trinajstić information content (AvgIpc) is 2.30. The molecule has 0 aliphatic carbocycles. The van der Waals surface area contributed by atoms with Crippen molar-refractivity contribution in [3.63, 3.8) is 0 Å². The van der Waals surface area contributed by atoms with Gasteiger partial charge < -0.3 is 9.84 Å². The van der Waals surface area contributed by atoms with Crippen LogP contribution >= 0.6 is 0 Å². The van der Waals surface area contributed by atoms with Crippen LogP contribution in [0.2, 0.25) is 0 Å². The van der Waals surface area contributed by atoms with Crippen molar-refractivity contribution in [1.82, 2.24) is 0 Å². The SMILES string of the molecule is O=C(OCC1(F)OC(F)(F)OC1O)C(F)(F)F. The van der Waals surface area contributed by atoms with Gasteiger partial charge in [-0.2, -0.15) is 13.2 Å². The van der Waals surface area contributed by atoms with Gasteiger partial charge in [-0.15, -0.1) is 8.78 Å². The zero-order valence-electron chi connectivity index (χ0n) is 7.63. The van der Waals surface area contributed by atoms with Crippen molar-refractivity contribution < 1.29 is 50.5 Å². The van der Waals surface area contributed by atoms with Gasteiger partial charge in [0.2, 0.25) is 6.29 Å². The van der Waals surface area contributed by atoms with E-state index < -0.39 is 37.2 Å². The van der Waals surface area contributed by atoms with Crippen molar-refractivity contribution in [1.29, 1.82) is 0 Å². The number of rotatable bonds is 2. The quantitative estimate of drug-likeness (QED) is 0.590. The molecule has 1 heterocycles. The van der Waals surface area contributed by atoms with Gasteiger partial charge in [-0.3, -0.25) is 4.74 Å². The van der Waals surface area contributed by atoms with Crippen LogP contribution in [0.1, 0.15) is 0 Å². The number of ether oxygens (including phenoxy) is 3. The van der Waals surface area contributed by atoms with E-state index >= 15 is 0 Å². The lowest BCUT2D eigenvalue weighted by Crippen LogP contribution is -2.42. The summed E-state index contributed by atoms with van der Waals surface area (Å²) < 4.78 is 82.3. The van der Waals surface area contributed by atoms with E-state index in [0.29, 0.717) is 0 Å². The van der Waals surface area contributed by atoms with Crippen LogP contribution in [0.15, 0.2) is 0 Å². The number of carbonyl (C=O) groups is 1. The maximum atomic E-state index is 13.2. The molecule has 0 spiro atoms. The molecule has 1 saturated heterocycles. The predicted octanol–water partition coefficient (Wildman–Crippen LogP) is 0.673. The molecule has 0 aromatic rings. The summed E-state index contributed by atoms with van der Waals surface area (Å²) in [6.45, 7) is -1.90. The Morgan fingerprint density at radius 2 is 1.88 bits per heavy atom. The van der Waals surface area contributed by atoms with Gasteiger partial charge >= 0.3 is 24.3 Å². The largest absolute Gasteiger partial charge is 0.490 e. The van der Waals surface area contributed by atoms with Gasteiger partial charge in [0.1, 0.15) is 0 Å². The van der Waals surface area contributed by atoms with Gasteiger partial charge in [-0.1, -0.05) is 0 Å². The normalized spacial score (nSPS) is 32.5. The van der Waals surface area contributed by atoms with E-state index in [0.717, 1.165) is 0 Å². The van der Waals surface area contributed by atoms with Crippen LogP contribution in [0.3, 0.4) is 0 Å². The molecule has 1 fully saturated rings. The van der Waals surface area contributed by atoms with Gasteiger partial charge in [-0.05, 0) is 0 Å². The number of aliphatic hydroxyl groups excluding tert-OH is 1. The Morgan fingerprint density at radius 1 is 1.35 bits per heavy atom. The van der Waals surface area contributed by atoms with E-state index in [2.05, 4.69) is 14.2 Å². The van der Waals surface area contributed by atoms with Gasteiger partial charge in [0.05, 0.1) is 0 Å². The minimum absolute atomic E-state index is 1.90. The van der Waals surface area contributed by atoms with E-state index in [1.807, 2.05) is 0 Å². The van der Waals surface area contributed by atoms with Gasteiger partial charge in [0, 0.05) is 0 Å². The molecule has 17 heavy (non-hydrogen) atoms. The Labute approximate surface area is 88.8 Å². The van der Waals surface area contributed by atoms with Crippen LogP contribution in [0.25, 0.3) is 0 Å². The van der Waals surface area contributed by atoms with Gasteiger partial charge in [-0.25, -0.2) is 13.9 Å². The first-order chi connectivity index (χ1) is 7.46. The van der Waals surface area contributed by atoms with Crippen molar-refractivity contribution in [2.75, 3.05) is 6.61 Å². The minimum Gasteiger partial charge on any atom is -0.453 e. The smallest absolute Gasteiger partial charge is 0.453 e. The Kier molecular flexibility index (Phi) is 3.29. The Bertz CT molecular complexity index is 317. The summed E-state index contributed by atoms with van der Waals surface area (Å²) in [5, 5.41) is 8.62. The highest BCUT2D eigenvalue weighted by Crippen LogP contribution is 2.39. The molecule has 0 saturated carbocycles. The van der Waals surface area contributed by atoms with Crippen molar-refractivity contribution >= 4 is 5.97 Å². The lowest BCUT2D eigenvalue weighted by atomic mass is 10.3. The van der Waals surface area contributed by atoms with Gasteiger partial charge in [0.15, 0.2) is 6.61 Å². The summed E-state index contributed by atoms with van der Waals surface area (Å²) in [7, 11) is 0. The molecule has 5 nitrogen and oxygen atoms in total. The van der Waals surface area contributed by atoms with Crippen LogP contribution in [-0.4, -0.2) is 42.3 Å². The first-order valence-electron chi connectivity index (χ1n) is 3.83. The predicted molar refractivity (Wildman–Crippen MR) is 34.0 cm³/mol. The topological polar surface area (TPSA) is 65.0 Å². The lowest BCUT2D eigenvalue weighted by Gasteiger charge is -2.19. The third-order valence-corrected chi connectivity index (χ3v) is 1.54. The van der Waals surface area contributed by atoms with E-state index in [1.165, 1.54) is 0 Å². The molecule has 2 unspecified atom stereocenters. The molecule has 1 N–H and O–H groups in total. The molecule has 11 heteroatoms. The van der Waals surface area contributed by atoms with Crippen LogP contribution in [0.5, 0.6) is 0 Å². The third-order valence-electron chi connectivity index (χ3n) is 1.54. The maximum absolute atomic E-state index is 13.2. The Hall–Kier alpha value is -1.07. The number of hydrogen-bond donors (Lipinski definition) is 1. The summed E-state index contributed by atoms with van der Waals surface area (Å²) in [5.74, 6) is -6.59. The highest BCUT2D eigenvalue weighted by Gasteiger charge is 2.61. The van der Waals surface area contributed by atoms with E-state index in [1.54, 1.807) is 0 Å². The van der Waals surface area contributed by atoms with Crippen molar-refractivity contribution in [2.24, 2.45) is 0 Å². The van der Waals surface area contributed by atoms with Crippen molar-refractivity contribution in [3.05, 3.63) is 0 Å². The van der Waals surface area contributed by atoms with E-state index in [-0.39, 0.29) is 0 Å². The average molecular weight is 270 g/mol. The third kappa shape index (κ3) is 3.20. The number of alkyl halides is 6. The summed E-state index contributed by atoms with van der Waals surface area (Å²) in [5.41, 5.74) is 0. The molecule has 100 valence electrons. The summed E-state index contributed by atoms with van der Waals surface area (Å²) in [6.07, 6.45) is -12.8. The first kappa shape index (κ1) is 14.0. The fourth-order valence-electron chi connectivity index (χ4n) is 0.836. The maximum Gasteiger partial charge on any atom is 0.490 e. The fraction of sp³-hybridized carbons (Fsp3) is 0.833. The zero-order valence-corrected chi connectivity index (χ0v) is 7.63. The van der Waals surface area contributed by atoms with Gasteiger partial charge in [0.25, 0.3) is 0 Å². The number of halogens is 6. The van der Waals surface area contributed by atoms with Crippen LogP contribution in [-0.2, 0) is 19.0 Å². The van der Waals surface area contributed by atoms with Crippen molar-refractivity contribution in [2.45, 2.75) is 24.6 Å². The minimum atomic E-state index is -5.43. The number of esters is 1. The summed E-state index contributed by atoms with van der Waals surface area (Å²) in [6, 6.07) is 0.